The average molecular weight is 431 g/mol. The molecule has 4 N–H and O–H groups in total. The molecule has 13 heavy (non-hydrogen) atoms. The van der Waals surface area contributed by atoms with Gasteiger partial charge in [0.15, 0.2) is 0 Å². The van der Waals surface area contributed by atoms with Crippen molar-refractivity contribution >= 4 is 45.5 Å². The summed E-state index contributed by atoms with van der Waals surface area (Å²) in [5.41, 5.74) is 0. The smallest absolute Gasteiger partial charge is 0 e. The van der Waals surface area contributed by atoms with Crippen LogP contribution in [0.3, 0.4) is 0 Å². The molecular weight excluding hydrogens is 424 g/mol. The SMILES string of the molecule is [H-].[H-].[H-].[K+].[O]=[Cr](=[O])([OH])[OH].[O]=[Cr](=[O])([OH])[OH].[Sr+2].[Zn]. The van der Waals surface area contributed by atoms with Gasteiger partial charge >= 0.3 is 156 Å². The van der Waals surface area contributed by atoms with Crippen molar-refractivity contribution in [1.82, 2.24) is 0 Å². The summed E-state index contributed by atoms with van der Waals surface area (Å²) in [7, 11) is 0. The van der Waals surface area contributed by atoms with Crippen LogP contribution in [0, 0.1) is 0 Å². The van der Waals surface area contributed by atoms with Crippen LogP contribution in [0.1, 0.15) is 4.28 Å². The standard InChI is InChI=1S/2Cr.K.4H2O.4O.Sr.Zn.3H/h;;;4*1H2;;;;;;;;;/q2*+2;+1;;;;;;;;;+2;;3*-1/p-4. The Morgan fingerprint density at radius 2 is 0.769 bits per heavy atom. The third-order valence-corrected chi connectivity index (χ3v) is 0. The summed E-state index contributed by atoms with van der Waals surface area (Å²) >= 11 is -10.5. The molecule has 0 aromatic heterocycles. The minimum absolute atomic E-state index is 0. The van der Waals surface area contributed by atoms with E-state index in [-0.39, 0.29) is 121 Å². The fraction of sp³-hybridized carbons (Fsp3) is 0. The summed E-state index contributed by atoms with van der Waals surface area (Å²) in [6.07, 6.45) is 0. The molecule has 72 valence electrons. The maximum Gasteiger partial charge on any atom is 2.00 e. The van der Waals surface area contributed by atoms with Crippen LogP contribution >= 0.6 is 0 Å². The van der Waals surface area contributed by atoms with E-state index in [4.69, 9.17) is 31.8 Å². The molecule has 0 atom stereocenters. The van der Waals surface area contributed by atoms with E-state index in [2.05, 4.69) is 0 Å². The van der Waals surface area contributed by atoms with Gasteiger partial charge in [-0.2, -0.15) is 0 Å². The first-order chi connectivity index (χ1) is 4.00. The van der Waals surface area contributed by atoms with E-state index >= 15 is 0 Å². The monoisotopic (exact) mass is 430 g/mol. The van der Waals surface area contributed by atoms with E-state index in [1.165, 1.54) is 0 Å². The van der Waals surface area contributed by atoms with Crippen LogP contribution < -0.4 is 51.4 Å². The third kappa shape index (κ3) is 205. The Balaban J connectivity index is -0.00000000970. The van der Waals surface area contributed by atoms with E-state index in [1.54, 1.807) is 0 Å². The summed E-state index contributed by atoms with van der Waals surface area (Å²) in [5, 5.41) is 0. The van der Waals surface area contributed by atoms with Gasteiger partial charge in [0, 0.05) is 19.5 Å². The first-order valence-electron chi connectivity index (χ1n) is 1.40. The molecule has 0 saturated heterocycles. The van der Waals surface area contributed by atoms with Gasteiger partial charge in [-0.1, -0.05) is 0 Å². The molecule has 0 radical (unpaired) electrons. The summed E-state index contributed by atoms with van der Waals surface area (Å²) in [5.74, 6) is 0. The zero-order chi connectivity index (χ0) is 9.00. The van der Waals surface area contributed by atoms with Gasteiger partial charge in [-0.05, 0) is 0 Å². The fourth-order valence-corrected chi connectivity index (χ4v) is 0. The molecule has 13 heteroatoms. The van der Waals surface area contributed by atoms with Crippen molar-refractivity contribution in [3.63, 3.8) is 0 Å². The number of hydrogen-bond acceptors (Lipinski definition) is 4. The Kier molecular flexibility index (Phi) is 32.2. The summed E-state index contributed by atoms with van der Waals surface area (Å²) in [4.78, 5) is 0. The molecule has 0 aliphatic carbocycles. The maximum atomic E-state index is 8.82. The molecule has 0 rings (SSSR count). The minimum atomic E-state index is -5.25. The molecule has 0 aliphatic heterocycles. The predicted molar refractivity (Wildman–Crippen MR) is 20.7 cm³/mol. The molecule has 0 spiro atoms. The molecular formula is H7Cr2KO8SrZn. The van der Waals surface area contributed by atoms with E-state index in [0.29, 0.717) is 0 Å². The molecule has 0 aromatic carbocycles. The second-order valence-electron chi connectivity index (χ2n) is 0.896. The molecule has 0 aliphatic rings. The van der Waals surface area contributed by atoms with Crippen molar-refractivity contribution in [2.45, 2.75) is 0 Å². The van der Waals surface area contributed by atoms with E-state index < -0.39 is 27.2 Å². The number of hydrogen-bond donors (Lipinski definition) is 4. The molecule has 0 saturated carbocycles. The Hall–Kier alpha value is 3.85. The fourth-order valence-electron chi connectivity index (χ4n) is 0. The van der Waals surface area contributed by atoms with Gasteiger partial charge < -0.3 is 4.28 Å². The normalized spacial score (nSPS) is 8.92. The van der Waals surface area contributed by atoms with Crippen molar-refractivity contribution in [3.05, 3.63) is 0 Å². The Labute approximate surface area is 175 Å². The average Bonchev–Trinajstić information content (AvgIpc) is 1.12. The van der Waals surface area contributed by atoms with Crippen LogP contribution in [0.5, 0.6) is 0 Å². The number of rotatable bonds is 0. The summed E-state index contributed by atoms with van der Waals surface area (Å²) in [6, 6.07) is 0. The van der Waals surface area contributed by atoms with Gasteiger partial charge in [-0.15, -0.1) is 0 Å². The third-order valence-electron chi connectivity index (χ3n) is 0. The van der Waals surface area contributed by atoms with Gasteiger partial charge in [-0.3, -0.25) is 0 Å². The molecule has 0 fully saturated rings. The molecule has 0 bridgehead atoms. The van der Waals surface area contributed by atoms with E-state index in [0.717, 1.165) is 0 Å². The Morgan fingerprint density at radius 3 is 0.769 bits per heavy atom. The van der Waals surface area contributed by atoms with Crippen LogP contribution in [0.15, 0.2) is 0 Å². The van der Waals surface area contributed by atoms with E-state index in [1.807, 2.05) is 0 Å². The van der Waals surface area contributed by atoms with Crippen molar-refractivity contribution in [2.75, 3.05) is 0 Å². The van der Waals surface area contributed by atoms with Gasteiger partial charge in [0.1, 0.15) is 0 Å². The van der Waals surface area contributed by atoms with Crippen LogP contribution in [0.25, 0.3) is 0 Å². The minimum Gasteiger partial charge on any atom is 0 e. The van der Waals surface area contributed by atoms with Crippen molar-refractivity contribution in [1.29, 1.82) is 0 Å². The Bertz CT molecular complexity index is 230. The van der Waals surface area contributed by atoms with Gasteiger partial charge in [0.25, 0.3) is 0 Å². The van der Waals surface area contributed by atoms with Crippen molar-refractivity contribution in [3.8, 4) is 0 Å². The summed E-state index contributed by atoms with van der Waals surface area (Å²) in [6.45, 7) is 0. The van der Waals surface area contributed by atoms with Gasteiger partial charge in [-0.25, -0.2) is 0 Å². The van der Waals surface area contributed by atoms with Gasteiger partial charge in [0.05, 0.1) is 0 Å². The van der Waals surface area contributed by atoms with Crippen molar-refractivity contribution < 1.29 is 134 Å². The molecule has 0 aromatic rings. The van der Waals surface area contributed by atoms with E-state index in [9.17, 15) is 0 Å². The molecule has 0 amide bonds. The second kappa shape index (κ2) is 13.9. The predicted octanol–water partition coefficient (Wildman–Crippen LogP) is -5.75. The quantitative estimate of drug-likeness (QED) is 0.278. The van der Waals surface area contributed by atoms with Crippen LogP contribution in [-0.4, -0.2) is 62.1 Å². The van der Waals surface area contributed by atoms with Crippen LogP contribution in [0.2, 0.25) is 0 Å². The van der Waals surface area contributed by atoms with Crippen molar-refractivity contribution in [2.24, 2.45) is 0 Å². The first kappa shape index (κ1) is 30.1. The largest absolute Gasteiger partial charge is 2.00 e. The van der Waals surface area contributed by atoms with Gasteiger partial charge in [0.2, 0.25) is 0 Å². The maximum absolute atomic E-state index is 8.82. The second-order valence-corrected chi connectivity index (χ2v) is 3.69. The zero-order valence-corrected chi connectivity index (χ0v) is 18.8. The van der Waals surface area contributed by atoms with Crippen LogP contribution in [0.4, 0.5) is 0 Å². The Morgan fingerprint density at radius 1 is 0.769 bits per heavy atom. The molecule has 0 heterocycles. The summed E-state index contributed by atoms with van der Waals surface area (Å²) < 4.78 is 63.8. The topological polar surface area (TPSA) is 149 Å². The van der Waals surface area contributed by atoms with Crippen LogP contribution in [-0.2, 0) is 61.9 Å². The molecule has 0 unspecified atom stereocenters. The first-order valence-corrected chi connectivity index (χ1v) is 5.76. The molecule has 8 nitrogen and oxygen atoms in total. The zero-order valence-electron chi connectivity index (χ0n) is 9.65.